The molecule has 0 radical (unpaired) electrons. The second-order valence-electron chi connectivity index (χ2n) is 2.75. The van der Waals surface area contributed by atoms with Gasteiger partial charge in [0.25, 0.3) is 0 Å². The van der Waals surface area contributed by atoms with Gasteiger partial charge in [0.2, 0.25) is 0 Å². The van der Waals surface area contributed by atoms with E-state index in [-0.39, 0.29) is 18.6 Å². The third-order valence-corrected chi connectivity index (χ3v) is 2.11. The number of carbonyl (C=O) groups excluding carboxylic acids is 1. The summed E-state index contributed by atoms with van der Waals surface area (Å²) in [6, 6.07) is 0. The minimum atomic E-state index is -4.13. The van der Waals surface area contributed by atoms with E-state index in [2.05, 4.69) is 0 Å². The Morgan fingerprint density at radius 2 is 1.92 bits per heavy atom. The molecule has 0 atom stereocenters. The average Bonchev–Trinajstić information content (AvgIpc) is 1.98. The summed E-state index contributed by atoms with van der Waals surface area (Å²) in [5.41, 5.74) is 0. The van der Waals surface area contributed by atoms with E-state index in [0.717, 1.165) is 0 Å². The van der Waals surface area contributed by atoms with Gasteiger partial charge in [-0.3, -0.25) is 4.79 Å². The van der Waals surface area contributed by atoms with Crippen LogP contribution in [0, 0.1) is 0 Å². The van der Waals surface area contributed by atoms with Crippen molar-refractivity contribution in [2.75, 3.05) is 12.0 Å². The largest absolute Gasteiger partial charge is 0.389 e. The summed E-state index contributed by atoms with van der Waals surface area (Å²) >= 11 is 1.53. The molecule has 0 aromatic carbocycles. The van der Waals surface area contributed by atoms with Gasteiger partial charge in [-0.15, -0.1) is 0 Å². The number of carbonyl (C=O) groups is 1. The van der Waals surface area contributed by atoms with Crippen LogP contribution in [-0.2, 0) is 4.79 Å². The van der Waals surface area contributed by atoms with Gasteiger partial charge < -0.3 is 0 Å². The summed E-state index contributed by atoms with van der Waals surface area (Å²) in [6.07, 6.45) is -2.74. The van der Waals surface area contributed by atoms with Gasteiger partial charge >= 0.3 is 6.18 Å². The second-order valence-corrected chi connectivity index (χ2v) is 3.74. The van der Waals surface area contributed by atoms with Gasteiger partial charge in [-0.25, -0.2) is 0 Å². The molecule has 0 fully saturated rings. The molecule has 0 amide bonds. The number of rotatable bonds is 6. The fourth-order valence-electron chi connectivity index (χ4n) is 0.827. The first-order valence-corrected chi connectivity index (χ1v) is 5.42. The number of Topliss-reactive ketones (excluding diaryl/α,β-unsaturated/α-hetero) is 1. The minimum absolute atomic E-state index is 0.0556. The van der Waals surface area contributed by atoms with Crippen molar-refractivity contribution in [1.82, 2.24) is 0 Å². The van der Waals surface area contributed by atoms with Crippen molar-refractivity contribution in [1.29, 1.82) is 0 Å². The van der Waals surface area contributed by atoms with Crippen molar-refractivity contribution in [3.8, 4) is 0 Å². The fraction of sp³-hybridized carbons (Fsp3) is 0.875. The van der Waals surface area contributed by atoms with E-state index in [1.165, 1.54) is 11.8 Å². The maximum atomic E-state index is 11.6. The standard InChI is InChI=1S/C8H13F3OS/c1-13-6-4-7(12)3-2-5-8(9,10)11/h2-6H2,1H3. The van der Waals surface area contributed by atoms with Gasteiger partial charge in [0.15, 0.2) is 0 Å². The molecule has 0 spiro atoms. The van der Waals surface area contributed by atoms with Gasteiger partial charge in [0, 0.05) is 19.3 Å². The zero-order valence-electron chi connectivity index (χ0n) is 7.49. The summed E-state index contributed by atoms with van der Waals surface area (Å²) in [6.45, 7) is 0. The molecule has 78 valence electrons. The van der Waals surface area contributed by atoms with E-state index in [1.807, 2.05) is 6.26 Å². The smallest absolute Gasteiger partial charge is 0.300 e. The van der Waals surface area contributed by atoms with E-state index in [4.69, 9.17) is 0 Å². The number of ketones is 1. The van der Waals surface area contributed by atoms with Crippen LogP contribution in [0.5, 0.6) is 0 Å². The molecule has 0 aliphatic rings. The van der Waals surface area contributed by atoms with Crippen LogP contribution in [0.3, 0.4) is 0 Å². The Labute approximate surface area is 80.1 Å². The lowest BCUT2D eigenvalue weighted by Crippen LogP contribution is -2.08. The molecule has 0 aromatic rings. The van der Waals surface area contributed by atoms with Crippen LogP contribution in [0.4, 0.5) is 13.2 Å². The predicted molar refractivity (Wildman–Crippen MR) is 47.9 cm³/mol. The normalized spacial score (nSPS) is 11.7. The summed E-state index contributed by atoms with van der Waals surface area (Å²) < 4.78 is 34.9. The highest BCUT2D eigenvalue weighted by atomic mass is 32.2. The summed E-state index contributed by atoms with van der Waals surface area (Å²) in [5, 5.41) is 0. The van der Waals surface area contributed by atoms with Crippen molar-refractivity contribution >= 4 is 17.5 Å². The SMILES string of the molecule is CSCCC(=O)CCCC(F)(F)F. The monoisotopic (exact) mass is 214 g/mol. The van der Waals surface area contributed by atoms with Crippen LogP contribution in [0.1, 0.15) is 25.7 Å². The Morgan fingerprint density at radius 3 is 2.38 bits per heavy atom. The number of alkyl halides is 3. The summed E-state index contributed by atoms with van der Waals surface area (Å²) in [4.78, 5) is 10.9. The van der Waals surface area contributed by atoms with Gasteiger partial charge in [0.05, 0.1) is 0 Å². The lowest BCUT2D eigenvalue weighted by molar-refractivity contribution is -0.137. The van der Waals surface area contributed by atoms with Crippen molar-refractivity contribution in [2.24, 2.45) is 0 Å². The third-order valence-electron chi connectivity index (χ3n) is 1.50. The third kappa shape index (κ3) is 9.73. The molecule has 0 heterocycles. The molecule has 0 unspecified atom stereocenters. The van der Waals surface area contributed by atoms with Crippen molar-refractivity contribution in [3.05, 3.63) is 0 Å². The zero-order valence-corrected chi connectivity index (χ0v) is 8.30. The van der Waals surface area contributed by atoms with E-state index < -0.39 is 12.6 Å². The lowest BCUT2D eigenvalue weighted by atomic mass is 10.1. The van der Waals surface area contributed by atoms with Crippen molar-refractivity contribution in [2.45, 2.75) is 31.9 Å². The van der Waals surface area contributed by atoms with Gasteiger partial charge in [0.1, 0.15) is 5.78 Å². The van der Waals surface area contributed by atoms with Crippen LogP contribution in [0.15, 0.2) is 0 Å². The number of hydrogen-bond acceptors (Lipinski definition) is 2. The Hall–Kier alpha value is -0.190. The Morgan fingerprint density at radius 1 is 1.31 bits per heavy atom. The molecule has 0 saturated heterocycles. The fourth-order valence-corrected chi connectivity index (χ4v) is 1.26. The van der Waals surface area contributed by atoms with Crippen molar-refractivity contribution in [3.63, 3.8) is 0 Å². The maximum absolute atomic E-state index is 11.6. The predicted octanol–water partition coefficient (Wildman–Crippen LogP) is 3.04. The van der Waals surface area contributed by atoms with Crippen LogP contribution in [0.2, 0.25) is 0 Å². The first-order valence-electron chi connectivity index (χ1n) is 4.03. The number of hydrogen-bond donors (Lipinski definition) is 0. The highest BCUT2D eigenvalue weighted by molar-refractivity contribution is 7.98. The molecule has 0 N–H and O–H groups in total. The topological polar surface area (TPSA) is 17.1 Å². The zero-order chi connectivity index (χ0) is 10.3. The minimum Gasteiger partial charge on any atom is -0.300 e. The lowest BCUT2D eigenvalue weighted by Gasteiger charge is -2.04. The molecule has 13 heavy (non-hydrogen) atoms. The average molecular weight is 214 g/mol. The van der Waals surface area contributed by atoms with E-state index in [9.17, 15) is 18.0 Å². The van der Waals surface area contributed by atoms with Gasteiger partial charge in [-0.05, 0) is 18.4 Å². The molecule has 5 heteroatoms. The van der Waals surface area contributed by atoms with Gasteiger partial charge in [-0.1, -0.05) is 0 Å². The molecule has 0 aliphatic heterocycles. The molecule has 0 aliphatic carbocycles. The number of thioether (sulfide) groups is 1. The highest BCUT2D eigenvalue weighted by Gasteiger charge is 2.26. The molecule has 1 nitrogen and oxygen atoms in total. The molecule has 0 bridgehead atoms. The van der Waals surface area contributed by atoms with Crippen LogP contribution in [0.25, 0.3) is 0 Å². The Balaban J connectivity index is 3.37. The number of halogens is 3. The second kappa shape index (κ2) is 6.29. The van der Waals surface area contributed by atoms with Crippen LogP contribution >= 0.6 is 11.8 Å². The molecular formula is C8H13F3OS. The first-order chi connectivity index (χ1) is 5.95. The van der Waals surface area contributed by atoms with Crippen LogP contribution in [-0.4, -0.2) is 24.0 Å². The molecule has 0 saturated carbocycles. The molecular weight excluding hydrogens is 201 g/mol. The Bertz CT molecular complexity index is 156. The quantitative estimate of drug-likeness (QED) is 0.676. The summed E-state index contributed by atoms with van der Waals surface area (Å²) in [7, 11) is 0. The highest BCUT2D eigenvalue weighted by Crippen LogP contribution is 2.22. The van der Waals surface area contributed by atoms with E-state index in [0.29, 0.717) is 12.2 Å². The molecule has 0 aromatic heterocycles. The molecule has 0 rings (SSSR count). The Kier molecular flexibility index (Phi) is 6.20. The van der Waals surface area contributed by atoms with E-state index in [1.54, 1.807) is 0 Å². The van der Waals surface area contributed by atoms with Crippen LogP contribution < -0.4 is 0 Å². The summed E-state index contributed by atoms with van der Waals surface area (Å²) in [5.74, 6) is 0.629. The maximum Gasteiger partial charge on any atom is 0.389 e. The van der Waals surface area contributed by atoms with E-state index >= 15 is 0 Å². The first kappa shape index (κ1) is 12.8. The van der Waals surface area contributed by atoms with Crippen molar-refractivity contribution < 1.29 is 18.0 Å². The van der Waals surface area contributed by atoms with Gasteiger partial charge in [-0.2, -0.15) is 24.9 Å².